The smallest absolute Gasteiger partial charge is 0.347 e. The third-order valence-electron chi connectivity index (χ3n) is 4.98. The molecule has 0 fully saturated rings. The number of hydrogen-bond acceptors (Lipinski definition) is 8. The maximum atomic E-state index is 13.1. The van der Waals surface area contributed by atoms with Gasteiger partial charge in [-0.1, -0.05) is 13.8 Å². The first-order chi connectivity index (χ1) is 15.4. The SMILES string of the molecule is CCCOC(=O)c1cc(OC)c(C)c2c1Oc1c(C=O)c(OCCC)cc(C)c1C(=O)O2. The average molecular weight is 442 g/mol. The normalized spacial score (nSPS) is 12.0. The molecule has 0 atom stereocenters. The molecule has 32 heavy (non-hydrogen) atoms. The Bertz CT molecular complexity index is 1070. The lowest BCUT2D eigenvalue weighted by Gasteiger charge is -2.18. The van der Waals surface area contributed by atoms with Crippen molar-refractivity contribution in [3.05, 3.63) is 39.9 Å². The molecule has 0 saturated carbocycles. The summed E-state index contributed by atoms with van der Waals surface area (Å²) < 4.78 is 28.1. The van der Waals surface area contributed by atoms with Crippen molar-refractivity contribution < 1.29 is 38.1 Å². The van der Waals surface area contributed by atoms with Crippen LogP contribution in [0.5, 0.6) is 28.7 Å². The van der Waals surface area contributed by atoms with E-state index in [4.69, 9.17) is 23.7 Å². The van der Waals surface area contributed by atoms with Crippen LogP contribution in [0.2, 0.25) is 0 Å². The Morgan fingerprint density at radius 3 is 2.34 bits per heavy atom. The molecule has 0 amide bonds. The first kappa shape index (κ1) is 23.1. The van der Waals surface area contributed by atoms with Crippen molar-refractivity contribution in [2.45, 2.75) is 40.5 Å². The van der Waals surface area contributed by atoms with E-state index in [1.165, 1.54) is 13.2 Å². The van der Waals surface area contributed by atoms with Gasteiger partial charge in [0, 0.05) is 5.56 Å². The Labute approximate surface area is 186 Å². The van der Waals surface area contributed by atoms with Crippen molar-refractivity contribution in [2.75, 3.05) is 20.3 Å². The summed E-state index contributed by atoms with van der Waals surface area (Å²) in [5.41, 5.74) is 1.13. The highest BCUT2D eigenvalue weighted by atomic mass is 16.6. The molecule has 170 valence electrons. The molecule has 8 nitrogen and oxygen atoms in total. The van der Waals surface area contributed by atoms with Crippen molar-refractivity contribution in [2.24, 2.45) is 0 Å². The Hall–Kier alpha value is -3.55. The van der Waals surface area contributed by atoms with E-state index in [2.05, 4.69) is 0 Å². The van der Waals surface area contributed by atoms with E-state index in [1.54, 1.807) is 19.9 Å². The molecule has 3 rings (SSSR count). The predicted octanol–water partition coefficient (Wildman–Crippen LogP) is 4.81. The highest BCUT2D eigenvalue weighted by molar-refractivity contribution is 6.03. The van der Waals surface area contributed by atoms with Crippen LogP contribution in [0, 0.1) is 13.8 Å². The van der Waals surface area contributed by atoms with Crippen LogP contribution in [0.3, 0.4) is 0 Å². The van der Waals surface area contributed by atoms with Gasteiger partial charge in [0.05, 0.1) is 25.9 Å². The van der Waals surface area contributed by atoms with Gasteiger partial charge in [0.15, 0.2) is 23.5 Å². The molecule has 1 heterocycles. The highest BCUT2D eigenvalue weighted by Crippen LogP contribution is 2.48. The number of carbonyl (C=O) groups excluding carboxylic acids is 3. The van der Waals surface area contributed by atoms with Gasteiger partial charge in [-0.05, 0) is 44.4 Å². The summed E-state index contributed by atoms with van der Waals surface area (Å²) in [5.74, 6) is -0.783. The number of hydrogen-bond donors (Lipinski definition) is 0. The van der Waals surface area contributed by atoms with Gasteiger partial charge in [0.1, 0.15) is 22.6 Å². The zero-order chi connectivity index (χ0) is 23.4. The third-order valence-corrected chi connectivity index (χ3v) is 4.98. The first-order valence-electron chi connectivity index (χ1n) is 10.4. The maximum Gasteiger partial charge on any atom is 0.347 e. The molecule has 1 aliphatic heterocycles. The predicted molar refractivity (Wildman–Crippen MR) is 116 cm³/mol. The molecule has 2 aromatic carbocycles. The standard InChI is InChI=1S/C24H26O8/c1-6-8-29-18-10-13(3)19-21(16(18)12-25)31-22-15(23(26)30-9-7-2)11-17(28-5)14(4)20(22)32-24(19)27/h10-12H,6-9H2,1-5H3. The number of aryl methyl sites for hydroxylation is 1. The van der Waals surface area contributed by atoms with Crippen molar-refractivity contribution >= 4 is 18.2 Å². The van der Waals surface area contributed by atoms with E-state index in [1.807, 2.05) is 13.8 Å². The molecule has 0 unspecified atom stereocenters. The van der Waals surface area contributed by atoms with E-state index in [0.29, 0.717) is 36.2 Å². The number of fused-ring (bicyclic) bond motifs is 2. The molecule has 0 aliphatic carbocycles. The number of benzene rings is 2. The molecule has 0 bridgehead atoms. The number of rotatable bonds is 8. The van der Waals surface area contributed by atoms with Gasteiger partial charge in [-0.3, -0.25) is 4.79 Å². The van der Waals surface area contributed by atoms with Crippen molar-refractivity contribution in [3.8, 4) is 28.7 Å². The zero-order valence-corrected chi connectivity index (χ0v) is 18.8. The van der Waals surface area contributed by atoms with E-state index in [-0.39, 0.29) is 46.3 Å². The zero-order valence-electron chi connectivity index (χ0n) is 18.8. The molecule has 0 radical (unpaired) electrons. The van der Waals surface area contributed by atoms with Gasteiger partial charge in [-0.15, -0.1) is 0 Å². The number of esters is 2. The molecule has 0 N–H and O–H groups in total. The van der Waals surface area contributed by atoms with E-state index < -0.39 is 11.9 Å². The minimum absolute atomic E-state index is 0.0194. The summed E-state index contributed by atoms with van der Waals surface area (Å²) in [6.07, 6.45) is 1.92. The summed E-state index contributed by atoms with van der Waals surface area (Å²) in [4.78, 5) is 37.9. The summed E-state index contributed by atoms with van der Waals surface area (Å²) in [5, 5.41) is 0. The van der Waals surface area contributed by atoms with Crippen molar-refractivity contribution in [3.63, 3.8) is 0 Å². The lowest BCUT2D eigenvalue weighted by atomic mass is 10.0. The summed E-state index contributed by atoms with van der Waals surface area (Å²) >= 11 is 0. The average Bonchev–Trinajstić information content (AvgIpc) is 2.93. The minimum atomic E-state index is -0.717. The van der Waals surface area contributed by atoms with Crippen LogP contribution in [0.4, 0.5) is 0 Å². The molecule has 0 aromatic heterocycles. The molecule has 0 saturated heterocycles. The summed E-state index contributed by atoms with van der Waals surface area (Å²) in [7, 11) is 1.44. The van der Waals surface area contributed by atoms with Gasteiger partial charge in [0.2, 0.25) is 0 Å². The van der Waals surface area contributed by atoms with Gasteiger partial charge in [-0.25, -0.2) is 9.59 Å². The number of methoxy groups -OCH3 is 1. The number of aldehydes is 1. The van der Waals surface area contributed by atoms with Crippen LogP contribution in [0.15, 0.2) is 12.1 Å². The Kier molecular flexibility index (Phi) is 7.02. The van der Waals surface area contributed by atoms with Crippen LogP contribution in [-0.2, 0) is 4.74 Å². The maximum absolute atomic E-state index is 13.1. The second kappa shape index (κ2) is 9.72. The fourth-order valence-electron chi connectivity index (χ4n) is 3.39. The largest absolute Gasteiger partial charge is 0.496 e. The quantitative estimate of drug-likeness (QED) is 0.327. The molecule has 8 heteroatoms. The van der Waals surface area contributed by atoms with Crippen LogP contribution >= 0.6 is 0 Å². The van der Waals surface area contributed by atoms with Gasteiger partial charge in [-0.2, -0.15) is 0 Å². The summed E-state index contributed by atoms with van der Waals surface area (Å²) in [6, 6.07) is 3.07. The number of carbonyl (C=O) groups is 3. The monoisotopic (exact) mass is 442 g/mol. The molecule has 0 spiro atoms. The summed E-state index contributed by atoms with van der Waals surface area (Å²) in [6.45, 7) is 7.75. The molecular formula is C24H26O8. The lowest BCUT2D eigenvalue weighted by molar-refractivity contribution is 0.0500. The molecule has 2 aromatic rings. The van der Waals surface area contributed by atoms with Crippen LogP contribution in [-0.4, -0.2) is 38.5 Å². The minimum Gasteiger partial charge on any atom is -0.496 e. The lowest BCUT2D eigenvalue weighted by Crippen LogP contribution is -2.12. The highest BCUT2D eigenvalue weighted by Gasteiger charge is 2.34. The van der Waals surface area contributed by atoms with Gasteiger partial charge < -0.3 is 23.7 Å². The topological polar surface area (TPSA) is 97.4 Å². The Balaban J connectivity index is 2.28. The second-order valence-electron chi connectivity index (χ2n) is 7.31. The Morgan fingerprint density at radius 2 is 1.72 bits per heavy atom. The van der Waals surface area contributed by atoms with Crippen molar-refractivity contribution in [1.82, 2.24) is 0 Å². The fourth-order valence-corrected chi connectivity index (χ4v) is 3.39. The van der Waals surface area contributed by atoms with Crippen LogP contribution in [0.25, 0.3) is 0 Å². The fraction of sp³-hybridized carbons (Fsp3) is 0.375. The van der Waals surface area contributed by atoms with Crippen LogP contribution in [0.1, 0.15) is 68.9 Å². The van der Waals surface area contributed by atoms with E-state index in [0.717, 1.165) is 6.42 Å². The van der Waals surface area contributed by atoms with E-state index in [9.17, 15) is 14.4 Å². The van der Waals surface area contributed by atoms with Gasteiger partial charge in [0.25, 0.3) is 0 Å². The third kappa shape index (κ3) is 4.12. The van der Waals surface area contributed by atoms with E-state index >= 15 is 0 Å². The van der Waals surface area contributed by atoms with Crippen molar-refractivity contribution in [1.29, 1.82) is 0 Å². The van der Waals surface area contributed by atoms with Crippen LogP contribution < -0.4 is 18.9 Å². The first-order valence-corrected chi connectivity index (χ1v) is 10.4. The molecule has 1 aliphatic rings. The number of ether oxygens (including phenoxy) is 5. The Morgan fingerprint density at radius 1 is 1.00 bits per heavy atom. The second-order valence-corrected chi connectivity index (χ2v) is 7.31. The molecular weight excluding hydrogens is 416 g/mol. The van der Waals surface area contributed by atoms with Gasteiger partial charge >= 0.3 is 11.9 Å².